The van der Waals surface area contributed by atoms with Crippen molar-refractivity contribution in [3.8, 4) is 0 Å². The van der Waals surface area contributed by atoms with E-state index in [1.165, 1.54) is 21.6 Å². The molecule has 3 heteroatoms. The summed E-state index contributed by atoms with van der Waals surface area (Å²) in [6.45, 7) is 8.24. The van der Waals surface area contributed by atoms with Crippen LogP contribution in [0.25, 0.3) is 0 Å². The van der Waals surface area contributed by atoms with Gasteiger partial charge in [0.2, 0.25) is 0 Å². The van der Waals surface area contributed by atoms with Gasteiger partial charge in [-0.1, -0.05) is 22.9 Å². The molecule has 1 aromatic heterocycles. The second kappa shape index (κ2) is 4.96. The third-order valence-corrected chi connectivity index (χ3v) is 4.09. The van der Waals surface area contributed by atoms with Crippen molar-refractivity contribution in [1.82, 2.24) is 5.16 Å². The summed E-state index contributed by atoms with van der Waals surface area (Å²) in [7, 11) is 0. The molecule has 2 aromatic rings. The monoisotopic (exact) mass is 247 g/mol. The molecule has 0 bridgehead atoms. The summed E-state index contributed by atoms with van der Waals surface area (Å²) in [5.41, 5.74) is 4.86. The van der Waals surface area contributed by atoms with Crippen LogP contribution in [0.1, 0.15) is 28.1 Å². The number of hydrogen-bond acceptors (Lipinski definition) is 3. The highest BCUT2D eigenvalue weighted by molar-refractivity contribution is 7.98. The maximum Gasteiger partial charge on any atom is 0.137 e. The van der Waals surface area contributed by atoms with Crippen LogP contribution < -0.4 is 0 Å². The maximum absolute atomic E-state index is 5.17. The Labute approximate surface area is 106 Å². The van der Waals surface area contributed by atoms with E-state index >= 15 is 0 Å². The predicted molar refractivity (Wildman–Crippen MR) is 71.5 cm³/mol. The number of benzene rings is 1. The molecule has 0 amide bonds. The highest BCUT2D eigenvalue weighted by atomic mass is 32.2. The van der Waals surface area contributed by atoms with Gasteiger partial charge >= 0.3 is 0 Å². The number of rotatable bonds is 3. The van der Waals surface area contributed by atoms with Gasteiger partial charge in [-0.05, 0) is 39.3 Å². The van der Waals surface area contributed by atoms with Gasteiger partial charge in [0.25, 0.3) is 0 Å². The molecule has 2 nitrogen and oxygen atoms in total. The molecule has 0 aliphatic carbocycles. The number of aryl methyl sites for hydroxylation is 4. The lowest BCUT2D eigenvalue weighted by atomic mass is 10.2. The number of nitrogens with zero attached hydrogens (tertiary/aromatic N) is 1. The van der Waals surface area contributed by atoms with Crippen molar-refractivity contribution >= 4 is 11.8 Å². The first-order valence-electron chi connectivity index (χ1n) is 5.69. The zero-order valence-electron chi connectivity index (χ0n) is 10.7. The molecule has 0 aliphatic heterocycles. The molecule has 0 saturated carbocycles. The number of aromatic nitrogens is 1. The van der Waals surface area contributed by atoms with Gasteiger partial charge in [-0.25, -0.2) is 0 Å². The van der Waals surface area contributed by atoms with Crippen LogP contribution in [-0.2, 0) is 5.75 Å². The van der Waals surface area contributed by atoms with Gasteiger partial charge in [0.05, 0.1) is 5.69 Å². The Kier molecular flexibility index (Phi) is 3.57. The second-order valence-corrected chi connectivity index (χ2v) is 5.38. The Morgan fingerprint density at radius 1 is 1.18 bits per heavy atom. The lowest BCUT2D eigenvalue weighted by Gasteiger charge is -2.06. The summed E-state index contributed by atoms with van der Waals surface area (Å²) in [6.07, 6.45) is 0. The molecule has 1 heterocycles. The largest absolute Gasteiger partial charge is 0.361 e. The fourth-order valence-electron chi connectivity index (χ4n) is 1.82. The number of hydrogen-bond donors (Lipinski definition) is 0. The lowest BCUT2D eigenvalue weighted by molar-refractivity contribution is 0.392. The van der Waals surface area contributed by atoms with Crippen molar-refractivity contribution in [3.05, 3.63) is 46.3 Å². The van der Waals surface area contributed by atoms with Crippen LogP contribution in [0.3, 0.4) is 0 Å². The van der Waals surface area contributed by atoms with Crippen molar-refractivity contribution < 1.29 is 4.52 Å². The van der Waals surface area contributed by atoms with Gasteiger partial charge in [0.1, 0.15) is 5.76 Å². The van der Waals surface area contributed by atoms with Crippen LogP contribution in [0.4, 0.5) is 0 Å². The van der Waals surface area contributed by atoms with E-state index in [9.17, 15) is 0 Å². The Hall–Kier alpha value is -1.22. The predicted octanol–water partition coefficient (Wildman–Crippen LogP) is 4.20. The molecule has 0 spiro atoms. The Bertz CT molecular complexity index is 512. The summed E-state index contributed by atoms with van der Waals surface area (Å²) >= 11 is 1.84. The van der Waals surface area contributed by atoms with E-state index in [0.717, 1.165) is 17.2 Å². The minimum absolute atomic E-state index is 0.922. The van der Waals surface area contributed by atoms with E-state index in [0.29, 0.717) is 0 Å². The fourth-order valence-corrected chi connectivity index (χ4v) is 2.98. The number of thioether (sulfide) groups is 1. The van der Waals surface area contributed by atoms with Crippen LogP contribution in [-0.4, -0.2) is 5.16 Å². The summed E-state index contributed by atoms with van der Waals surface area (Å²) in [5, 5.41) is 3.98. The molecule has 17 heavy (non-hydrogen) atoms. The fraction of sp³-hybridized carbons (Fsp3) is 0.357. The molecule has 0 unspecified atom stereocenters. The Morgan fingerprint density at radius 3 is 2.53 bits per heavy atom. The van der Waals surface area contributed by atoms with Crippen LogP contribution in [0.5, 0.6) is 0 Å². The smallest absolute Gasteiger partial charge is 0.137 e. The molecule has 0 atom stereocenters. The normalized spacial score (nSPS) is 10.8. The van der Waals surface area contributed by atoms with E-state index in [-0.39, 0.29) is 0 Å². The van der Waals surface area contributed by atoms with Crippen molar-refractivity contribution in [2.24, 2.45) is 0 Å². The van der Waals surface area contributed by atoms with E-state index < -0.39 is 0 Å². The zero-order chi connectivity index (χ0) is 12.4. The van der Waals surface area contributed by atoms with Crippen LogP contribution >= 0.6 is 11.8 Å². The molecule has 0 saturated heterocycles. The standard InChI is InChI=1S/C14H17NOS/c1-9-5-6-14(10(2)7-9)17-8-13-11(3)15-16-12(13)4/h5-7H,8H2,1-4H3. The summed E-state index contributed by atoms with van der Waals surface area (Å²) < 4.78 is 5.17. The summed E-state index contributed by atoms with van der Waals surface area (Å²) in [5.74, 6) is 1.85. The van der Waals surface area contributed by atoms with Gasteiger partial charge in [-0.3, -0.25) is 0 Å². The van der Waals surface area contributed by atoms with Crippen molar-refractivity contribution in [1.29, 1.82) is 0 Å². The van der Waals surface area contributed by atoms with E-state index in [2.05, 4.69) is 37.2 Å². The molecular weight excluding hydrogens is 230 g/mol. The van der Waals surface area contributed by atoms with Crippen LogP contribution in [0.15, 0.2) is 27.6 Å². The first kappa shape index (κ1) is 12.2. The van der Waals surface area contributed by atoms with Gasteiger partial charge < -0.3 is 4.52 Å². The quantitative estimate of drug-likeness (QED) is 0.760. The van der Waals surface area contributed by atoms with Gasteiger partial charge in [0.15, 0.2) is 0 Å². The Morgan fingerprint density at radius 2 is 1.94 bits per heavy atom. The molecular formula is C14H17NOS. The Balaban J connectivity index is 2.13. The topological polar surface area (TPSA) is 26.0 Å². The second-order valence-electron chi connectivity index (χ2n) is 4.36. The lowest BCUT2D eigenvalue weighted by Crippen LogP contribution is -1.87. The summed E-state index contributed by atoms with van der Waals surface area (Å²) in [6, 6.07) is 6.56. The molecule has 0 aliphatic rings. The SMILES string of the molecule is Cc1ccc(SCc2c(C)noc2C)c(C)c1. The van der Waals surface area contributed by atoms with Crippen molar-refractivity contribution in [2.45, 2.75) is 38.3 Å². The summed E-state index contributed by atoms with van der Waals surface area (Å²) in [4.78, 5) is 1.33. The van der Waals surface area contributed by atoms with Crippen LogP contribution in [0, 0.1) is 27.7 Å². The average molecular weight is 247 g/mol. The van der Waals surface area contributed by atoms with Crippen molar-refractivity contribution in [2.75, 3.05) is 0 Å². The molecule has 0 radical (unpaired) electrons. The van der Waals surface area contributed by atoms with Crippen LogP contribution in [0.2, 0.25) is 0 Å². The first-order valence-corrected chi connectivity index (χ1v) is 6.68. The van der Waals surface area contributed by atoms with Gasteiger partial charge in [-0.15, -0.1) is 11.8 Å². The highest BCUT2D eigenvalue weighted by Gasteiger charge is 2.09. The van der Waals surface area contributed by atoms with E-state index in [4.69, 9.17) is 4.52 Å². The minimum atomic E-state index is 0.922. The van der Waals surface area contributed by atoms with E-state index in [1.807, 2.05) is 25.6 Å². The molecule has 90 valence electrons. The third-order valence-electron chi connectivity index (χ3n) is 2.88. The van der Waals surface area contributed by atoms with Crippen molar-refractivity contribution in [3.63, 3.8) is 0 Å². The molecule has 0 N–H and O–H groups in total. The first-order chi connectivity index (χ1) is 8.08. The van der Waals surface area contributed by atoms with E-state index in [1.54, 1.807) is 0 Å². The average Bonchev–Trinajstić information content (AvgIpc) is 2.58. The molecule has 1 aromatic carbocycles. The van der Waals surface area contributed by atoms with Gasteiger partial charge in [0, 0.05) is 16.2 Å². The molecule has 2 rings (SSSR count). The minimum Gasteiger partial charge on any atom is -0.361 e. The third kappa shape index (κ3) is 2.72. The maximum atomic E-state index is 5.17. The molecule has 0 fully saturated rings. The zero-order valence-corrected chi connectivity index (χ0v) is 11.5. The van der Waals surface area contributed by atoms with Gasteiger partial charge in [-0.2, -0.15) is 0 Å². The highest BCUT2D eigenvalue weighted by Crippen LogP contribution is 2.28.